The highest BCUT2D eigenvalue weighted by Crippen LogP contribution is 2.31. The van der Waals surface area contributed by atoms with Crippen LogP contribution in [-0.2, 0) is 48.2 Å². The summed E-state index contributed by atoms with van der Waals surface area (Å²) in [6.45, 7) is 8.18. The molecule has 0 spiro atoms. The van der Waals surface area contributed by atoms with Crippen LogP contribution in [0, 0.1) is 5.41 Å². The minimum Gasteiger partial charge on any atom is -0.450 e. The van der Waals surface area contributed by atoms with E-state index in [1.54, 1.807) is 25.7 Å². The van der Waals surface area contributed by atoms with Crippen molar-refractivity contribution < 1.29 is 38.2 Å². The zero-order valence-corrected chi connectivity index (χ0v) is 29.9. The van der Waals surface area contributed by atoms with E-state index in [1.165, 1.54) is 10.5 Å². The highest BCUT2D eigenvalue weighted by Gasteiger charge is 2.47. The number of hydrogen-bond donors (Lipinski definition) is 3. The summed E-state index contributed by atoms with van der Waals surface area (Å²) in [4.78, 5) is 83.7. The molecule has 3 aliphatic heterocycles. The quantitative estimate of drug-likeness (QED) is 0.362. The molecule has 3 heterocycles. The lowest BCUT2D eigenvalue weighted by molar-refractivity contribution is -0.144. The summed E-state index contributed by atoms with van der Waals surface area (Å²) < 4.78 is 11.4. The van der Waals surface area contributed by atoms with Crippen molar-refractivity contribution in [1.82, 2.24) is 25.8 Å². The van der Waals surface area contributed by atoms with E-state index in [1.807, 2.05) is 19.1 Å². The van der Waals surface area contributed by atoms with E-state index in [9.17, 15) is 28.8 Å². The number of nitrogens with one attached hydrogen (secondary N) is 3. The van der Waals surface area contributed by atoms with Gasteiger partial charge in [0.15, 0.2) is 0 Å². The van der Waals surface area contributed by atoms with Crippen molar-refractivity contribution in [3.05, 3.63) is 34.9 Å². The highest BCUT2D eigenvalue weighted by molar-refractivity contribution is 6.38. The lowest BCUT2D eigenvalue weighted by Crippen LogP contribution is -2.59. The summed E-state index contributed by atoms with van der Waals surface area (Å²) in [5.74, 6) is -2.64. The predicted molar refractivity (Wildman–Crippen MR) is 184 cm³/mol. The van der Waals surface area contributed by atoms with Crippen molar-refractivity contribution in [1.29, 1.82) is 0 Å². The molecule has 0 radical (unpaired) electrons. The third-order valence-corrected chi connectivity index (χ3v) is 10.3. The van der Waals surface area contributed by atoms with Crippen molar-refractivity contribution in [2.75, 3.05) is 13.2 Å². The van der Waals surface area contributed by atoms with Gasteiger partial charge in [-0.05, 0) is 67.1 Å². The highest BCUT2D eigenvalue weighted by atomic mass is 16.6. The van der Waals surface area contributed by atoms with Gasteiger partial charge in [-0.1, -0.05) is 65.2 Å². The van der Waals surface area contributed by atoms with E-state index in [0.29, 0.717) is 25.9 Å². The molecule has 1 aliphatic carbocycles. The molecule has 4 atom stereocenters. The molecule has 4 bridgehead atoms. The van der Waals surface area contributed by atoms with Gasteiger partial charge in [0.25, 0.3) is 5.91 Å². The van der Waals surface area contributed by atoms with E-state index in [-0.39, 0.29) is 32.0 Å². The number of amides is 5. The standard InChI is InChI=1S/C37H53N5O8/c1-5-12-28(30(43)33(45)38-25-16-11-17-25)39-32(44)29-19-26-21-42(29)34(46)31(37(2,3)4)40-35(47)49-18-9-7-6-8-13-23-14-10-15-24-20-41(22-27(23)24)36(48)50-26/h10,14-15,25-26,28-29,31H,5-9,11-13,16-22H2,1-4H3,(H,38,45)(H,39,44)(H,40,47)/t26?,28-,29-,31+/m0/s1. The van der Waals surface area contributed by atoms with Gasteiger partial charge in [-0.15, -0.1) is 0 Å². The number of carbonyl (C=O) groups excluding carboxylic acids is 6. The Kier molecular flexibility index (Phi) is 12.1. The molecule has 1 saturated carbocycles. The summed E-state index contributed by atoms with van der Waals surface area (Å²) in [5.41, 5.74) is 2.62. The van der Waals surface area contributed by atoms with Gasteiger partial charge in [-0.3, -0.25) is 24.1 Å². The molecule has 50 heavy (non-hydrogen) atoms. The van der Waals surface area contributed by atoms with Crippen LogP contribution in [0.5, 0.6) is 0 Å². The van der Waals surface area contributed by atoms with E-state index in [4.69, 9.17) is 9.47 Å². The maximum Gasteiger partial charge on any atom is 0.410 e. The van der Waals surface area contributed by atoms with E-state index < -0.39 is 65.3 Å². The molecule has 4 aliphatic rings. The summed E-state index contributed by atoms with van der Waals surface area (Å²) in [6, 6.07) is 2.80. The number of ether oxygens (including phenoxy) is 2. The summed E-state index contributed by atoms with van der Waals surface area (Å²) in [6.07, 6.45) is 5.60. The second-order valence-corrected chi connectivity index (χ2v) is 15.2. The molecule has 1 unspecified atom stereocenters. The van der Waals surface area contributed by atoms with E-state index in [2.05, 4.69) is 22.0 Å². The average Bonchev–Trinajstić information content (AvgIpc) is 3.68. The van der Waals surface area contributed by atoms with Crippen LogP contribution in [0.1, 0.15) is 109 Å². The van der Waals surface area contributed by atoms with Crippen LogP contribution in [0.15, 0.2) is 18.2 Å². The lowest BCUT2D eigenvalue weighted by Gasteiger charge is -2.35. The zero-order valence-electron chi connectivity index (χ0n) is 29.9. The van der Waals surface area contributed by atoms with Crippen LogP contribution in [0.3, 0.4) is 0 Å². The topological polar surface area (TPSA) is 163 Å². The Morgan fingerprint density at radius 3 is 2.44 bits per heavy atom. The fourth-order valence-corrected chi connectivity index (χ4v) is 7.15. The van der Waals surface area contributed by atoms with Gasteiger partial charge >= 0.3 is 12.2 Å². The number of rotatable bonds is 7. The fourth-order valence-electron chi connectivity index (χ4n) is 7.15. The minimum absolute atomic E-state index is 0.0159. The Hall–Kier alpha value is -4.16. The van der Waals surface area contributed by atoms with Crippen LogP contribution in [0.4, 0.5) is 9.59 Å². The average molecular weight is 696 g/mol. The molecule has 1 aromatic rings. The molecule has 1 saturated heterocycles. The molecule has 13 heteroatoms. The van der Waals surface area contributed by atoms with Gasteiger partial charge in [0.2, 0.25) is 17.6 Å². The van der Waals surface area contributed by atoms with Crippen molar-refractivity contribution in [3.63, 3.8) is 0 Å². The third kappa shape index (κ3) is 8.95. The van der Waals surface area contributed by atoms with Gasteiger partial charge in [0.1, 0.15) is 18.2 Å². The minimum atomic E-state index is -1.12. The zero-order chi connectivity index (χ0) is 36.0. The SMILES string of the molecule is CCC[C@H](NC(=O)[C@@H]1CC2CN1C(=O)[C@H](C(C)(C)C)NC(=O)OCCCCCCc1cccc3c1CN(C3)C(=O)O2)C(=O)C(=O)NC1CCC1. The maximum absolute atomic E-state index is 14.3. The van der Waals surface area contributed by atoms with Crippen LogP contribution in [0.25, 0.3) is 0 Å². The number of aryl methyl sites for hydroxylation is 1. The predicted octanol–water partition coefficient (Wildman–Crippen LogP) is 3.89. The summed E-state index contributed by atoms with van der Waals surface area (Å²) in [5, 5.41) is 8.21. The lowest BCUT2D eigenvalue weighted by atomic mass is 9.85. The Labute approximate surface area is 294 Å². The van der Waals surface area contributed by atoms with Crippen LogP contribution in [0.2, 0.25) is 0 Å². The summed E-state index contributed by atoms with van der Waals surface area (Å²) >= 11 is 0. The Morgan fingerprint density at radius 2 is 1.74 bits per heavy atom. The van der Waals surface area contributed by atoms with E-state index in [0.717, 1.165) is 56.1 Å². The third-order valence-electron chi connectivity index (χ3n) is 10.3. The Morgan fingerprint density at radius 1 is 1.00 bits per heavy atom. The van der Waals surface area contributed by atoms with Gasteiger partial charge < -0.3 is 30.3 Å². The molecule has 13 nitrogen and oxygen atoms in total. The van der Waals surface area contributed by atoms with Gasteiger partial charge in [-0.2, -0.15) is 0 Å². The van der Waals surface area contributed by atoms with Gasteiger partial charge in [0, 0.05) is 25.6 Å². The first-order chi connectivity index (χ1) is 23.8. The first-order valence-electron chi connectivity index (χ1n) is 18.3. The number of benzene rings is 1. The second kappa shape index (κ2) is 16.2. The molecular weight excluding hydrogens is 642 g/mol. The molecule has 3 N–H and O–H groups in total. The van der Waals surface area contributed by atoms with Crippen molar-refractivity contribution >= 4 is 35.7 Å². The number of alkyl carbamates (subject to hydrolysis) is 1. The van der Waals surface area contributed by atoms with Crippen LogP contribution < -0.4 is 16.0 Å². The van der Waals surface area contributed by atoms with Crippen LogP contribution >= 0.6 is 0 Å². The molecule has 0 aromatic heterocycles. The van der Waals surface area contributed by atoms with Crippen molar-refractivity contribution in [2.45, 2.75) is 142 Å². The second-order valence-electron chi connectivity index (χ2n) is 15.2. The van der Waals surface area contributed by atoms with E-state index >= 15 is 0 Å². The monoisotopic (exact) mass is 695 g/mol. The van der Waals surface area contributed by atoms with Gasteiger partial charge in [0.05, 0.1) is 19.2 Å². The number of hydrogen-bond acceptors (Lipinski definition) is 8. The van der Waals surface area contributed by atoms with Crippen molar-refractivity contribution in [2.24, 2.45) is 5.41 Å². The number of carbonyl (C=O) groups is 6. The first kappa shape index (κ1) is 37.1. The number of cyclic esters (lactones) is 1. The molecule has 274 valence electrons. The number of ketones is 1. The largest absolute Gasteiger partial charge is 0.450 e. The Bertz CT molecular complexity index is 1450. The molecule has 5 amide bonds. The van der Waals surface area contributed by atoms with Crippen molar-refractivity contribution in [3.8, 4) is 0 Å². The molecular formula is C37H53N5O8. The van der Waals surface area contributed by atoms with Gasteiger partial charge in [-0.25, -0.2) is 9.59 Å². The maximum atomic E-state index is 14.3. The molecule has 1 aromatic carbocycles. The number of nitrogens with zero attached hydrogens (tertiary/aromatic N) is 2. The Balaban J connectivity index is 1.38. The van der Waals surface area contributed by atoms with Crippen LogP contribution in [-0.4, -0.2) is 88.9 Å². The fraction of sp³-hybridized carbons (Fsp3) is 0.676. The molecule has 5 rings (SSSR count). The smallest absolute Gasteiger partial charge is 0.410 e. The normalized spacial score (nSPS) is 24.3. The number of fused-ring (bicyclic) bond motifs is 3. The summed E-state index contributed by atoms with van der Waals surface area (Å²) in [7, 11) is 0. The number of Topliss-reactive ketones (excluding diaryl/α,β-unsaturated/α-hetero) is 1. The first-order valence-corrected chi connectivity index (χ1v) is 18.3. The molecule has 2 fully saturated rings.